The monoisotopic (exact) mass is 274 g/mol. The molecule has 0 spiro atoms. The predicted octanol–water partition coefficient (Wildman–Crippen LogP) is 1.56. The average molecular weight is 274 g/mol. The number of hydrogen-bond donors (Lipinski definition) is 3. The summed E-state index contributed by atoms with van der Waals surface area (Å²) in [7, 11) is 0. The quantitative estimate of drug-likeness (QED) is 0.740. The van der Waals surface area contributed by atoms with Crippen molar-refractivity contribution in [2.45, 2.75) is 20.1 Å². The van der Waals surface area contributed by atoms with Gasteiger partial charge >= 0.3 is 0 Å². The van der Waals surface area contributed by atoms with Crippen LogP contribution < -0.4 is 15.8 Å². The molecular formula is C14H18N4O2. The van der Waals surface area contributed by atoms with E-state index in [1.807, 2.05) is 31.2 Å². The minimum absolute atomic E-state index is 0.0258. The van der Waals surface area contributed by atoms with Crippen LogP contribution in [0, 0.1) is 0 Å². The van der Waals surface area contributed by atoms with Crippen molar-refractivity contribution in [2.24, 2.45) is 0 Å². The van der Waals surface area contributed by atoms with Crippen molar-refractivity contribution in [1.82, 2.24) is 9.97 Å². The normalized spacial score (nSPS) is 10.3. The second-order valence-corrected chi connectivity index (χ2v) is 4.21. The van der Waals surface area contributed by atoms with Crippen LogP contribution in [0.5, 0.6) is 5.88 Å². The molecular weight excluding hydrogens is 256 g/mol. The summed E-state index contributed by atoms with van der Waals surface area (Å²) in [5.41, 5.74) is 8.24. The molecule has 0 saturated carbocycles. The molecule has 106 valence electrons. The third-order valence-electron chi connectivity index (χ3n) is 2.76. The van der Waals surface area contributed by atoms with Crippen molar-refractivity contribution < 1.29 is 9.84 Å². The number of aromatic nitrogens is 2. The van der Waals surface area contributed by atoms with Crippen LogP contribution in [0.15, 0.2) is 30.6 Å². The number of ether oxygens (including phenoxy) is 1. The van der Waals surface area contributed by atoms with E-state index in [2.05, 4.69) is 15.3 Å². The molecule has 0 fully saturated rings. The molecule has 6 heteroatoms. The Morgan fingerprint density at radius 2 is 2.10 bits per heavy atom. The van der Waals surface area contributed by atoms with Crippen LogP contribution in [0.4, 0.5) is 11.5 Å². The lowest BCUT2D eigenvalue weighted by Crippen LogP contribution is -2.08. The summed E-state index contributed by atoms with van der Waals surface area (Å²) in [6.45, 7) is 2.95. The Labute approximate surface area is 117 Å². The van der Waals surface area contributed by atoms with E-state index in [4.69, 9.17) is 15.6 Å². The molecule has 6 nitrogen and oxygen atoms in total. The lowest BCUT2D eigenvalue weighted by atomic mass is 10.1. The van der Waals surface area contributed by atoms with Crippen LogP contribution in [-0.4, -0.2) is 21.7 Å². The first-order valence-corrected chi connectivity index (χ1v) is 6.40. The Morgan fingerprint density at radius 3 is 2.85 bits per heavy atom. The molecule has 0 saturated heterocycles. The van der Waals surface area contributed by atoms with Crippen molar-refractivity contribution >= 4 is 11.5 Å². The van der Waals surface area contributed by atoms with Gasteiger partial charge in [-0.1, -0.05) is 24.3 Å². The Hall–Kier alpha value is -2.34. The molecule has 0 aliphatic carbocycles. The van der Waals surface area contributed by atoms with Gasteiger partial charge in [0.1, 0.15) is 12.0 Å². The molecule has 1 aromatic carbocycles. The summed E-state index contributed by atoms with van der Waals surface area (Å²) in [5, 5.41) is 12.3. The molecule has 2 rings (SSSR count). The van der Waals surface area contributed by atoms with Gasteiger partial charge in [-0.25, -0.2) is 4.98 Å². The van der Waals surface area contributed by atoms with Crippen LogP contribution in [0.3, 0.4) is 0 Å². The fourth-order valence-corrected chi connectivity index (χ4v) is 1.80. The zero-order chi connectivity index (χ0) is 14.4. The minimum atomic E-state index is 0.0258. The molecule has 1 heterocycles. The number of benzene rings is 1. The van der Waals surface area contributed by atoms with Crippen LogP contribution in [0.1, 0.15) is 18.1 Å². The number of anilines is 2. The average Bonchev–Trinajstić information content (AvgIpc) is 2.48. The summed E-state index contributed by atoms with van der Waals surface area (Å²) in [4.78, 5) is 8.08. The highest BCUT2D eigenvalue weighted by Gasteiger charge is 2.08. The van der Waals surface area contributed by atoms with E-state index in [0.717, 1.165) is 11.1 Å². The first-order chi connectivity index (χ1) is 9.74. The summed E-state index contributed by atoms with van der Waals surface area (Å²) in [6, 6.07) is 7.66. The maximum atomic E-state index is 9.11. The van der Waals surface area contributed by atoms with Crippen LogP contribution in [-0.2, 0) is 13.2 Å². The lowest BCUT2D eigenvalue weighted by Gasteiger charge is -2.11. The topological polar surface area (TPSA) is 93.3 Å². The van der Waals surface area contributed by atoms with Gasteiger partial charge in [-0.15, -0.1) is 0 Å². The number of rotatable bonds is 6. The highest BCUT2D eigenvalue weighted by molar-refractivity contribution is 5.66. The van der Waals surface area contributed by atoms with E-state index >= 15 is 0 Å². The van der Waals surface area contributed by atoms with Crippen LogP contribution >= 0.6 is 0 Å². The third-order valence-corrected chi connectivity index (χ3v) is 2.76. The third kappa shape index (κ3) is 3.36. The molecule has 4 N–H and O–H groups in total. The van der Waals surface area contributed by atoms with Gasteiger partial charge in [0, 0.05) is 6.54 Å². The predicted molar refractivity (Wildman–Crippen MR) is 77.3 cm³/mol. The van der Waals surface area contributed by atoms with E-state index in [1.165, 1.54) is 6.33 Å². The van der Waals surface area contributed by atoms with Crippen molar-refractivity contribution in [2.75, 3.05) is 17.7 Å². The summed E-state index contributed by atoms with van der Waals surface area (Å²) >= 11 is 0. The largest absolute Gasteiger partial charge is 0.476 e. The zero-order valence-corrected chi connectivity index (χ0v) is 11.3. The molecule has 0 aliphatic rings. The van der Waals surface area contributed by atoms with Crippen LogP contribution in [0.2, 0.25) is 0 Å². The Morgan fingerprint density at radius 1 is 1.30 bits per heavy atom. The first kappa shape index (κ1) is 14.1. The maximum absolute atomic E-state index is 9.11. The van der Waals surface area contributed by atoms with Crippen molar-refractivity contribution in [1.29, 1.82) is 0 Å². The van der Waals surface area contributed by atoms with Crippen molar-refractivity contribution in [3.63, 3.8) is 0 Å². The van der Waals surface area contributed by atoms with Gasteiger partial charge in [0.2, 0.25) is 5.88 Å². The maximum Gasteiger partial charge on any atom is 0.242 e. The highest BCUT2D eigenvalue weighted by atomic mass is 16.5. The number of aliphatic hydroxyl groups is 1. The number of nitrogens with zero attached hydrogens (tertiary/aromatic N) is 2. The molecule has 0 bridgehead atoms. The Kier molecular flexibility index (Phi) is 4.73. The standard InChI is InChI=1S/C14H18N4O2/c1-2-20-14-12(15)13(17-9-18-14)16-7-10-4-3-5-11(6-10)8-19/h3-6,9,19H,2,7-8,15H2,1H3,(H,16,17,18). The fourth-order valence-electron chi connectivity index (χ4n) is 1.80. The number of nitrogens with two attached hydrogens (primary N) is 1. The molecule has 1 aromatic heterocycles. The van der Waals surface area contributed by atoms with Gasteiger partial charge in [-0.3, -0.25) is 0 Å². The van der Waals surface area contributed by atoms with Gasteiger partial charge in [0.05, 0.1) is 13.2 Å². The summed E-state index contributed by atoms with van der Waals surface area (Å²) in [5.74, 6) is 0.923. The highest BCUT2D eigenvalue weighted by Crippen LogP contribution is 2.24. The first-order valence-electron chi connectivity index (χ1n) is 6.40. The number of nitrogens with one attached hydrogen (secondary N) is 1. The SMILES string of the molecule is CCOc1ncnc(NCc2cccc(CO)c2)c1N. The van der Waals surface area contributed by atoms with Crippen molar-refractivity contribution in [3.8, 4) is 5.88 Å². The van der Waals surface area contributed by atoms with Gasteiger partial charge in [0.25, 0.3) is 0 Å². The minimum Gasteiger partial charge on any atom is -0.476 e. The molecule has 0 atom stereocenters. The van der Waals surface area contributed by atoms with E-state index in [-0.39, 0.29) is 6.61 Å². The lowest BCUT2D eigenvalue weighted by molar-refractivity contribution is 0.281. The summed E-state index contributed by atoms with van der Waals surface area (Å²) < 4.78 is 5.32. The second-order valence-electron chi connectivity index (χ2n) is 4.21. The zero-order valence-electron chi connectivity index (χ0n) is 11.3. The molecule has 0 radical (unpaired) electrons. The molecule has 0 amide bonds. The van der Waals surface area contributed by atoms with E-state index in [0.29, 0.717) is 30.5 Å². The van der Waals surface area contributed by atoms with E-state index in [9.17, 15) is 0 Å². The molecule has 0 aliphatic heterocycles. The van der Waals surface area contributed by atoms with Gasteiger partial charge < -0.3 is 20.9 Å². The Balaban J connectivity index is 2.08. The fraction of sp³-hybridized carbons (Fsp3) is 0.286. The molecule has 0 unspecified atom stereocenters. The van der Waals surface area contributed by atoms with Gasteiger partial charge in [0.15, 0.2) is 5.82 Å². The summed E-state index contributed by atoms with van der Waals surface area (Å²) in [6.07, 6.45) is 1.41. The number of nitrogen functional groups attached to an aromatic ring is 1. The second kappa shape index (κ2) is 6.72. The molecule has 2 aromatic rings. The molecule has 20 heavy (non-hydrogen) atoms. The van der Waals surface area contributed by atoms with Crippen LogP contribution in [0.25, 0.3) is 0 Å². The number of hydrogen-bond acceptors (Lipinski definition) is 6. The van der Waals surface area contributed by atoms with E-state index in [1.54, 1.807) is 0 Å². The Bertz CT molecular complexity index is 575. The van der Waals surface area contributed by atoms with Gasteiger partial charge in [-0.2, -0.15) is 4.98 Å². The van der Waals surface area contributed by atoms with Gasteiger partial charge in [-0.05, 0) is 18.1 Å². The smallest absolute Gasteiger partial charge is 0.242 e. The number of aliphatic hydroxyl groups excluding tert-OH is 1. The van der Waals surface area contributed by atoms with E-state index < -0.39 is 0 Å². The van der Waals surface area contributed by atoms with Crippen molar-refractivity contribution in [3.05, 3.63) is 41.7 Å².